The van der Waals surface area contributed by atoms with Crippen LogP contribution in [0.2, 0.25) is 0 Å². The van der Waals surface area contributed by atoms with Crippen molar-refractivity contribution in [1.29, 1.82) is 0 Å². The van der Waals surface area contributed by atoms with E-state index in [0.29, 0.717) is 5.75 Å². The van der Waals surface area contributed by atoms with Crippen molar-refractivity contribution in [1.82, 2.24) is 5.32 Å². The summed E-state index contributed by atoms with van der Waals surface area (Å²) < 4.78 is 28.8. The van der Waals surface area contributed by atoms with Crippen LogP contribution in [0, 0.1) is 13.8 Å². The minimum absolute atomic E-state index is 0.232. The Balaban J connectivity index is 2.01. The number of carbonyl (C=O) groups is 1. The van der Waals surface area contributed by atoms with Gasteiger partial charge in [0.05, 0.1) is 10.9 Å². The first-order valence-corrected chi connectivity index (χ1v) is 10.3. The fraction of sp³-hybridized carbons (Fsp3) is 0.350. The summed E-state index contributed by atoms with van der Waals surface area (Å²) in [5.41, 5.74) is 2.94. The maximum absolute atomic E-state index is 12.4. The Labute approximate surface area is 155 Å². The zero-order chi connectivity index (χ0) is 19.5. The summed E-state index contributed by atoms with van der Waals surface area (Å²) in [6, 6.07) is 12.0. The minimum atomic E-state index is -3.23. The van der Waals surface area contributed by atoms with E-state index in [9.17, 15) is 13.2 Å². The minimum Gasteiger partial charge on any atom is -0.481 e. The van der Waals surface area contributed by atoms with Gasteiger partial charge in [-0.15, -0.1) is 0 Å². The zero-order valence-corrected chi connectivity index (χ0v) is 16.6. The Morgan fingerprint density at radius 3 is 2.19 bits per heavy atom. The highest BCUT2D eigenvalue weighted by Crippen LogP contribution is 2.21. The number of benzene rings is 2. The van der Waals surface area contributed by atoms with Crippen molar-refractivity contribution in [2.24, 2.45) is 0 Å². The normalized spacial score (nSPS) is 13.7. The fourth-order valence-electron chi connectivity index (χ4n) is 2.59. The van der Waals surface area contributed by atoms with E-state index in [4.69, 9.17) is 4.74 Å². The monoisotopic (exact) mass is 375 g/mol. The summed E-state index contributed by atoms with van der Waals surface area (Å²) in [4.78, 5) is 12.7. The lowest BCUT2D eigenvalue weighted by Crippen LogP contribution is -2.37. The van der Waals surface area contributed by atoms with Crippen LogP contribution in [0.4, 0.5) is 0 Å². The SMILES string of the molecule is Cc1ccc(OC(C)C(=O)NC(C)c2ccc(S(C)(=O)=O)cc2)c(C)c1. The van der Waals surface area contributed by atoms with Crippen LogP contribution in [-0.2, 0) is 14.6 Å². The molecule has 1 amide bonds. The maximum Gasteiger partial charge on any atom is 0.261 e. The van der Waals surface area contributed by atoms with E-state index in [1.807, 2.05) is 39.0 Å². The van der Waals surface area contributed by atoms with Gasteiger partial charge >= 0.3 is 0 Å². The Morgan fingerprint density at radius 2 is 1.65 bits per heavy atom. The van der Waals surface area contributed by atoms with E-state index in [1.54, 1.807) is 31.2 Å². The van der Waals surface area contributed by atoms with Crippen LogP contribution >= 0.6 is 0 Å². The number of nitrogens with one attached hydrogen (secondary N) is 1. The van der Waals surface area contributed by atoms with Crippen LogP contribution in [-0.4, -0.2) is 26.7 Å². The zero-order valence-electron chi connectivity index (χ0n) is 15.7. The standard InChI is InChI=1S/C20H25NO4S/c1-13-6-11-19(14(2)12-13)25-16(4)20(22)21-15(3)17-7-9-18(10-8-17)26(5,23)24/h6-12,15-16H,1-5H3,(H,21,22). The second-order valence-electron chi connectivity index (χ2n) is 6.60. The highest BCUT2D eigenvalue weighted by Gasteiger charge is 2.19. The Kier molecular flexibility index (Phi) is 6.08. The van der Waals surface area contributed by atoms with Gasteiger partial charge in [-0.05, 0) is 57.0 Å². The molecule has 0 saturated carbocycles. The maximum atomic E-state index is 12.4. The van der Waals surface area contributed by atoms with Crippen LogP contribution in [0.1, 0.15) is 36.6 Å². The van der Waals surface area contributed by atoms with Crippen LogP contribution < -0.4 is 10.1 Å². The largest absolute Gasteiger partial charge is 0.481 e. The highest BCUT2D eigenvalue weighted by atomic mass is 32.2. The lowest BCUT2D eigenvalue weighted by Gasteiger charge is -2.20. The van der Waals surface area contributed by atoms with Crippen LogP contribution in [0.3, 0.4) is 0 Å². The van der Waals surface area contributed by atoms with Gasteiger partial charge in [0, 0.05) is 6.26 Å². The number of ether oxygens (including phenoxy) is 1. The Morgan fingerprint density at radius 1 is 1.04 bits per heavy atom. The lowest BCUT2D eigenvalue weighted by atomic mass is 10.1. The van der Waals surface area contributed by atoms with Gasteiger partial charge in [-0.2, -0.15) is 0 Å². The van der Waals surface area contributed by atoms with E-state index in [1.165, 1.54) is 6.26 Å². The summed E-state index contributed by atoms with van der Waals surface area (Å²) in [6.07, 6.45) is 0.522. The van der Waals surface area contributed by atoms with Gasteiger partial charge in [0.25, 0.3) is 5.91 Å². The lowest BCUT2D eigenvalue weighted by molar-refractivity contribution is -0.127. The third-order valence-corrected chi connectivity index (χ3v) is 5.30. The summed E-state index contributed by atoms with van der Waals surface area (Å²) in [5, 5.41) is 2.89. The first-order chi connectivity index (χ1) is 12.1. The van der Waals surface area contributed by atoms with Gasteiger partial charge in [-0.1, -0.05) is 29.8 Å². The van der Waals surface area contributed by atoms with Gasteiger partial charge < -0.3 is 10.1 Å². The third kappa shape index (κ3) is 5.08. The molecule has 2 unspecified atom stereocenters. The van der Waals surface area contributed by atoms with Crippen molar-refractivity contribution in [2.75, 3.05) is 6.26 Å². The second kappa shape index (κ2) is 7.91. The number of carbonyl (C=O) groups excluding carboxylic acids is 1. The molecule has 2 rings (SSSR count). The van der Waals surface area contributed by atoms with Gasteiger partial charge in [-0.3, -0.25) is 4.79 Å². The molecule has 0 heterocycles. The molecule has 0 aliphatic heterocycles. The van der Waals surface area contributed by atoms with E-state index in [-0.39, 0.29) is 16.8 Å². The molecule has 6 heteroatoms. The average Bonchev–Trinajstić information content (AvgIpc) is 2.56. The van der Waals surface area contributed by atoms with Crippen LogP contribution in [0.25, 0.3) is 0 Å². The number of sulfone groups is 1. The molecule has 0 bridgehead atoms. The van der Waals surface area contributed by atoms with Gasteiger partial charge in [-0.25, -0.2) is 8.42 Å². The first-order valence-electron chi connectivity index (χ1n) is 8.42. The second-order valence-corrected chi connectivity index (χ2v) is 8.62. The molecule has 0 saturated heterocycles. The molecular weight excluding hydrogens is 350 g/mol. The fourth-order valence-corrected chi connectivity index (χ4v) is 3.22. The van der Waals surface area contributed by atoms with Crippen LogP contribution in [0.15, 0.2) is 47.4 Å². The summed E-state index contributed by atoms with van der Waals surface area (Å²) in [5.74, 6) is 0.452. The molecule has 0 aliphatic rings. The molecule has 0 spiro atoms. The molecule has 5 nitrogen and oxygen atoms in total. The number of hydrogen-bond acceptors (Lipinski definition) is 4. The van der Waals surface area contributed by atoms with Gasteiger partial charge in [0.1, 0.15) is 5.75 Å². The molecule has 26 heavy (non-hydrogen) atoms. The molecule has 0 fully saturated rings. The number of rotatable bonds is 6. The molecule has 1 N–H and O–H groups in total. The first kappa shape index (κ1) is 20.0. The topological polar surface area (TPSA) is 72.5 Å². The molecular formula is C20H25NO4S. The van der Waals surface area contributed by atoms with E-state index in [2.05, 4.69) is 5.32 Å². The highest BCUT2D eigenvalue weighted by molar-refractivity contribution is 7.90. The molecule has 2 aromatic rings. The van der Waals surface area contributed by atoms with Crippen molar-refractivity contribution in [3.63, 3.8) is 0 Å². The molecule has 0 aromatic heterocycles. The molecule has 140 valence electrons. The van der Waals surface area contributed by atoms with Crippen LogP contribution in [0.5, 0.6) is 5.75 Å². The Bertz CT molecular complexity index is 889. The Hall–Kier alpha value is -2.34. The summed E-state index contributed by atoms with van der Waals surface area (Å²) in [7, 11) is -3.23. The van der Waals surface area contributed by atoms with Gasteiger partial charge in [0.2, 0.25) is 0 Å². The van der Waals surface area contributed by atoms with E-state index < -0.39 is 15.9 Å². The van der Waals surface area contributed by atoms with Crippen molar-refractivity contribution in [2.45, 2.75) is 44.7 Å². The summed E-state index contributed by atoms with van der Waals surface area (Å²) >= 11 is 0. The average molecular weight is 375 g/mol. The molecule has 2 atom stereocenters. The molecule has 2 aromatic carbocycles. The molecule has 0 aliphatic carbocycles. The number of amides is 1. The summed E-state index contributed by atoms with van der Waals surface area (Å²) in [6.45, 7) is 7.49. The number of aryl methyl sites for hydroxylation is 2. The predicted octanol–water partition coefficient (Wildman–Crippen LogP) is 3.35. The predicted molar refractivity (Wildman–Crippen MR) is 102 cm³/mol. The van der Waals surface area contributed by atoms with E-state index in [0.717, 1.165) is 16.7 Å². The quantitative estimate of drug-likeness (QED) is 0.840. The third-order valence-electron chi connectivity index (χ3n) is 4.17. The van der Waals surface area contributed by atoms with Crippen molar-refractivity contribution in [3.8, 4) is 5.75 Å². The van der Waals surface area contributed by atoms with Crippen molar-refractivity contribution >= 4 is 15.7 Å². The van der Waals surface area contributed by atoms with Gasteiger partial charge in [0.15, 0.2) is 15.9 Å². The number of hydrogen-bond donors (Lipinski definition) is 1. The van der Waals surface area contributed by atoms with E-state index >= 15 is 0 Å². The van der Waals surface area contributed by atoms with Crippen molar-refractivity contribution < 1.29 is 17.9 Å². The smallest absolute Gasteiger partial charge is 0.261 e. The molecule has 0 radical (unpaired) electrons. The van der Waals surface area contributed by atoms with Crippen molar-refractivity contribution in [3.05, 3.63) is 59.2 Å².